The SMILES string of the molecule is COc1ccc(C(CC(C)C)NC(=O)COc2ccccc2C)cc1. The zero-order valence-electron chi connectivity index (χ0n) is 15.4. The number of ether oxygens (including phenoxy) is 2. The van der Waals surface area contributed by atoms with Crippen molar-refractivity contribution >= 4 is 5.91 Å². The molecule has 134 valence electrons. The van der Waals surface area contributed by atoms with E-state index in [1.807, 2.05) is 55.5 Å². The van der Waals surface area contributed by atoms with Crippen molar-refractivity contribution in [3.63, 3.8) is 0 Å². The van der Waals surface area contributed by atoms with E-state index in [1.54, 1.807) is 7.11 Å². The predicted octanol–water partition coefficient (Wildman–Crippen LogP) is 4.29. The van der Waals surface area contributed by atoms with Crippen LogP contribution in [0.2, 0.25) is 0 Å². The Morgan fingerprint density at radius 2 is 1.76 bits per heavy atom. The van der Waals surface area contributed by atoms with Crippen LogP contribution in [0.5, 0.6) is 11.5 Å². The van der Waals surface area contributed by atoms with Crippen LogP contribution in [0.1, 0.15) is 37.4 Å². The first-order chi connectivity index (χ1) is 12.0. The van der Waals surface area contributed by atoms with Gasteiger partial charge in [-0.3, -0.25) is 4.79 Å². The average Bonchev–Trinajstić information content (AvgIpc) is 2.60. The van der Waals surface area contributed by atoms with Crippen LogP contribution in [0, 0.1) is 12.8 Å². The second-order valence-corrected chi connectivity index (χ2v) is 6.58. The summed E-state index contributed by atoms with van der Waals surface area (Å²) in [4.78, 5) is 12.4. The van der Waals surface area contributed by atoms with Gasteiger partial charge in [-0.05, 0) is 48.6 Å². The summed E-state index contributed by atoms with van der Waals surface area (Å²) < 4.78 is 10.8. The van der Waals surface area contributed by atoms with Gasteiger partial charge in [0.2, 0.25) is 0 Å². The number of carbonyl (C=O) groups is 1. The fraction of sp³-hybridized carbons (Fsp3) is 0.381. The van der Waals surface area contributed by atoms with Crippen molar-refractivity contribution in [3.8, 4) is 11.5 Å². The summed E-state index contributed by atoms with van der Waals surface area (Å²) in [6, 6.07) is 15.5. The third-order valence-corrected chi connectivity index (χ3v) is 4.01. The molecule has 1 amide bonds. The fourth-order valence-electron chi connectivity index (χ4n) is 2.68. The van der Waals surface area contributed by atoms with Gasteiger partial charge in [0.25, 0.3) is 5.91 Å². The van der Waals surface area contributed by atoms with E-state index in [0.717, 1.165) is 29.0 Å². The highest BCUT2D eigenvalue weighted by Crippen LogP contribution is 2.23. The Bertz CT molecular complexity index is 680. The third-order valence-electron chi connectivity index (χ3n) is 4.01. The Morgan fingerprint density at radius 3 is 2.36 bits per heavy atom. The summed E-state index contributed by atoms with van der Waals surface area (Å²) >= 11 is 0. The number of nitrogens with one attached hydrogen (secondary N) is 1. The average molecular weight is 341 g/mol. The van der Waals surface area contributed by atoms with Crippen molar-refractivity contribution in [2.24, 2.45) is 5.92 Å². The molecule has 0 aliphatic carbocycles. The lowest BCUT2D eigenvalue weighted by molar-refractivity contribution is -0.124. The number of aryl methyl sites for hydroxylation is 1. The molecule has 0 bridgehead atoms. The molecule has 0 radical (unpaired) electrons. The molecule has 0 saturated heterocycles. The highest BCUT2D eigenvalue weighted by molar-refractivity contribution is 5.78. The van der Waals surface area contributed by atoms with Crippen LogP contribution < -0.4 is 14.8 Å². The molecule has 1 unspecified atom stereocenters. The molecule has 0 saturated carbocycles. The molecule has 4 nitrogen and oxygen atoms in total. The van der Waals surface area contributed by atoms with E-state index in [4.69, 9.17) is 9.47 Å². The summed E-state index contributed by atoms with van der Waals surface area (Å²) in [7, 11) is 1.64. The Kier molecular flexibility index (Phi) is 6.87. The molecule has 1 N–H and O–H groups in total. The molecular weight excluding hydrogens is 314 g/mol. The minimum Gasteiger partial charge on any atom is -0.497 e. The van der Waals surface area contributed by atoms with E-state index < -0.39 is 0 Å². The lowest BCUT2D eigenvalue weighted by Gasteiger charge is -2.21. The van der Waals surface area contributed by atoms with Crippen LogP contribution in [0.15, 0.2) is 48.5 Å². The van der Waals surface area contributed by atoms with Gasteiger partial charge in [-0.1, -0.05) is 44.2 Å². The van der Waals surface area contributed by atoms with Crippen molar-refractivity contribution in [3.05, 3.63) is 59.7 Å². The molecule has 2 aromatic rings. The molecule has 2 aromatic carbocycles. The number of amides is 1. The molecule has 0 spiro atoms. The van der Waals surface area contributed by atoms with Crippen LogP contribution >= 0.6 is 0 Å². The first-order valence-electron chi connectivity index (χ1n) is 8.61. The zero-order valence-corrected chi connectivity index (χ0v) is 15.4. The van der Waals surface area contributed by atoms with Gasteiger partial charge in [0.1, 0.15) is 11.5 Å². The number of rotatable bonds is 8. The monoisotopic (exact) mass is 341 g/mol. The first-order valence-corrected chi connectivity index (χ1v) is 8.61. The van der Waals surface area contributed by atoms with E-state index in [2.05, 4.69) is 19.2 Å². The van der Waals surface area contributed by atoms with E-state index in [1.165, 1.54) is 0 Å². The summed E-state index contributed by atoms with van der Waals surface area (Å²) in [5, 5.41) is 3.09. The standard InChI is InChI=1S/C21H27NO3/c1-15(2)13-19(17-9-11-18(24-4)12-10-17)22-21(23)14-25-20-8-6-5-7-16(20)3/h5-12,15,19H,13-14H2,1-4H3,(H,22,23). The maximum atomic E-state index is 12.4. The molecule has 0 heterocycles. The van der Waals surface area contributed by atoms with Crippen molar-refractivity contribution in [1.29, 1.82) is 0 Å². The van der Waals surface area contributed by atoms with Crippen LogP contribution in [-0.2, 0) is 4.79 Å². The number of carbonyl (C=O) groups excluding carboxylic acids is 1. The maximum Gasteiger partial charge on any atom is 0.258 e. The molecular formula is C21H27NO3. The normalized spacial score (nSPS) is 11.9. The molecule has 1 atom stereocenters. The fourth-order valence-corrected chi connectivity index (χ4v) is 2.68. The topological polar surface area (TPSA) is 47.6 Å². The zero-order chi connectivity index (χ0) is 18.2. The van der Waals surface area contributed by atoms with Crippen LogP contribution in [0.4, 0.5) is 0 Å². The van der Waals surface area contributed by atoms with Crippen LogP contribution in [-0.4, -0.2) is 19.6 Å². The lowest BCUT2D eigenvalue weighted by atomic mass is 9.97. The van der Waals surface area contributed by atoms with Gasteiger partial charge < -0.3 is 14.8 Å². The number of hydrogen-bond acceptors (Lipinski definition) is 3. The third kappa shape index (κ3) is 5.82. The summed E-state index contributed by atoms with van der Waals surface area (Å²) in [6.45, 7) is 6.26. The van der Waals surface area contributed by atoms with E-state index >= 15 is 0 Å². The number of para-hydroxylation sites is 1. The van der Waals surface area contributed by atoms with Gasteiger partial charge in [-0.25, -0.2) is 0 Å². The minimum absolute atomic E-state index is 0.00953. The second-order valence-electron chi connectivity index (χ2n) is 6.58. The predicted molar refractivity (Wildman–Crippen MR) is 100 cm³/mol. The molecule has 0 fully saturated rings. The number of benzene rings is 2. The largest absolute Gasteiger partial charge is 0.497 e. The molecule has 4 heteroatoms. The molecule has 25 heavy (non-hydrogen) atoms. The van der Waals surface area contributed by atoms with Gasteiger partial charge in [0, 0.05) is 0 Å². The summed E-state index contributed by atoms with van der Waals surface area (Å²) in [6.07, 6.45) is 0.864. The smallest absolute Gasteiger partial charge is 0.258 e. The summed E-state index contributed by atoms with van der Waals surface area (Å²) in [5.74, 6) is 1.89. The molecule has 2 rings (SSSR count). The molecule has 0 aliphatic rings. The van der Waals surface area contributed by atoms with E-state index in [-0.39, 0.29) is 18.6 Å². The van der Waals surface area contributed by atoms with E-state index in [0.29, 0.717) is 5.92 Å². The van der Waals surface area contributed by atoms with Gasteiger partial charge >= 0.3 is 0 Å². The number of methoxy groups -OCH3 is 1. The van der Waals surface area contributed by atoms with Gasteiger partial charge in [0.05, 0.1) is 13.2 Å². The van der Waals surface area contributed by atoms with Crippen molar-refractivity contribution in [1.82, 2.24) is 5.32 Å². The Morgan fingerprint density at radius 1 is 1.08 bits per heavy atom. The minimum atomic E-state index is -0.121. The van der Waals surface area contributed by atoms with Crippen LogP contribution in [0.3, 0.4) is 0 Å². The van der Waals surface area contributed by atoms with Crippen molar-refractivity contribution in [2.45, 2.75) is 33.2 Å². The Labute approximate surface area is 150 Å². The first kappa shape index (κ1) is 18.8. The lowest BCUT2D eigenvalue weighted by Crippen LogP contribution is -2.33. The summed E-state index contributed by atoms with van der Waals surface area (Å²) in [5.41, 5.74) is 2.09. The van der Waals surface area contributed by atoms with Gasteiger partial charge in [-0.2, -0.15) is 0 Å². The highest BCUT2D eigenvalue weighted by atomic mass is 16.5. The highest BCUT2D eigenvalue weighted by Gasteiger charge is 2.17. The van der Waals surface area contributed by atoms with Gasteiger partial charge in [0.15, 0.2) is 6.61 Å². The van der Waals surface area contributed by atoms with E-state index in [9.17, 15) is 4.79 Å². The molecule has 0 aliphatic heterocycles. The van der Waals surface area contributed by atoms with Crippen molar-refractivity contribution < 1.29 is 14.3 Å². The van der Waals surface area contributed by atoms with Crippen LogP contribution in [0.25, 0.3) is 0 Å². The van der Waals surface area contributed by atoms with Gasteiger partial charge in [-0.15, -0.1) is 0 Å². The Balaban J connectivity index is 2.00. The Hall–Kier alpha value is -2.49. The number of hydrogen-bond donors (Lipinski definition) is 1. The van der Waals surface area contributed by atoms with Crippen molar-refractivity contribution in [2.75, 3.05) is 13.7 Å². The quantitative estimate of drug-likeness (QED) is 0.779. The molecule has 0 aromatic heterocycles. The second kappa shape index (κ2) is 9.11. The maximum absolute atomic E-state index is 12.4.